The number of rotatable bonds is 7. The number of benzene rings is 3. The Labute approximate surface area is 164 Å². The van der Waals surface area contributed by atoms with E-state index in [4.69, 9.17) is 4.74 Å². The summed E-state index contributed by atoms with van der Waals surface area (Å²) in [6, 6.07) is 27.8. The van der Waals surface area contributed by atoms with Crippen LogP contribution in [0.1, 0.15) is 23.5 Å². The zero-order valence-corrected chi connectivity index (χ0v) is 15.6. The number of nitrogens with zero attached hydrogens (tertiary/aromatic N) is 1. The van der Waals surface area contributed by atoms with Crippen LogP contribution in [0.2, 0.25) is 0 Å². The minimum atomic E-state index is -0.400. The van der Waals surface area contributed by atoms with E-state index < -0.39 is 5.92 Å². The number of aromatic amines is 1. The summed E-state index contributed by atoms with van der Waals surface area (Å²) >= 11 is 0. The predicted molar refractivity (Wildman–Crippen MR) is 109 cm³/mol. The summed E-state index contributed by atoms with van der Waals surface area (Å²) in [7, 11) is 0. The first-order valence-electron chi connectivity index (χ1n) is 9.55. The van der Waals surface area contributed by atoms with Gasteiger partial charge in [0.15, 0.2) is 11.0 Å². The van der Waals surface area contributed by atoms with Crippen LogP contribution in [-0.2, 0) is 16.1 Å². The van der Waals surface area contributed by atoms with Crippen molar-refractivity contribution in [3.8, 4) is 0 Å². The van der Waals surface area contributed by atoms with E-state index in [9.17, 15) is 4.79 Å². The van der Waals surface area contributed by atoms with Crippen LogP contribution in [0.4, 0.5) is 0 Å². The molecule has 0 fully saturated rings. The van der Waals surface area contributed by atoms with Gasteiger partial charge in [0.25, 0.3) is 0 Å². The topological polar surface area (TPSA) is 46.0 Å². The second-order valence-electron chi connectivity index (χ2n) is 6.76. The van der Waals surface area contributed by atoms with Crippen LogP contribution in [0.15, 0.2) is 91.3 Å². The van der Waals surface area contributed by atoms with E-state index in [1.165, 1.54) is 0 Å². The lowest BCUT2D eigenvalue weighted by molar-refractivity contribution is -0.671. The summed E-state index contributed by atoms with van der Waals surface area (Å²) in [6.45, 7) is 1.18. The number of hydrogen-bond acceptors (Lipinski definition) is 2. The molecule has 3 aromatic carbocycles. The van der Waals surface area contributed by atoms with Crippen LogP contribution in [0.25, 0.3) is 11.0 Å². The van der Waals surface area contributed by atoms with Gasteiger partial charge in [0.1, 0.15) is 5.92 Å². The van der Waals surface area contributed by atoms with Gasteiger partial charge in [-0.2, -0.15) is 0 Å². The number of para-hydroxylation sites is 2. The summed E-state index contributed by atoms with van der Waals surface area (Å²) in [4.78, 5) is 16.1. The van der Waals surface area contributed by atoms with E-state index in [0.717, 1.165) is 35.1 Å². The zero-order valence-electron chi connectivity index (χ0n) is 15.6. The monoisotopic (exact) mass is 371 g/mol. The van der Waals surface area contributed by atoms with Crippen LogP contribution < -0.4 is 4.57 Å². The SMILES string of the molecule is O=C(OCCC[n+]1c[nH]c2ccccc21)C(c1ccccc1)c1ccccc1. The fraction of sp³-hybridized carbons (Fsp3) is 0.167. The Morgan fingerprint density at radius 3 is 2.14 bits per heavy atom. The van der Waals surface area contributed by atoms with Crippen LogP contribution >= 0.6 is 0 Å². The van der Waals surface area contributed by atoms with E-state index >= 15 is 0 Å². The molecule has 4 nitrogen and oxygen atoms in total. The van der Waals surface area contributed by atoms with Crippen LogP contribution in [0.3, 0.4) is 0 Å². The number of hydrogen-bond donors (Lipinski definition) is 1. The van der Waals surface area contributed by atoms with E-state index in [1.807, 2.05) is 79.1 Å². The number of carbonyl (C=O) groups excluding carboxylic acids is 1. The Hall–Kier alpha value is -3.40. The fourth-order valence-electron chi connectivity index (χ4n) is 3.49. The van der Waals surface area contributed by atoms with Crippen molar-refractivity contribution in [3.63, 3.8) is 0 Å². The first-order chi connectivity index (χ1) is 13.8. The number of aromatic nitrogens is 2. The largest absolute Gasteiger partial charge is 0.465 e. The zero-order chi connectivity index (χ0) is 19.2. The maximum Gasteiger partial charge on any atom is 0.317 e. The molecule has 0 aliphatic rings. The molecule has 0 saturated carbocycles. The van der Waals surface area contributed by atoms with E-state index in [1.54, 1.807) is 0 Å². The van der Waals surface area contributed by atoms with Gasteiger partial charge >= 0.3 is 5.97 Å². The molecule has 0 amide bonds. The highest BCUT2D eigenvalue weighted by Gasteiger charge is 2.24. The van der Waals surface area contributed by atoms with Gasteiger partial charge in [0.05, 0.1) is 13.2 Å². The fourth-order valence-corrected chi connectivity index (χ4v) is 3.49. The first-order valence-corrected chi connectivity index (χ1v) is 9.55. The van der Waals surface area contributed by atoms with Crippen LogP contribution in [-0.4, -0.2) is 17.6 Å². The first kappa shape index (κ1) is 18.0. The number of esters is 1. The standard InChI is InChI=1S/C24H22N2O2/c27-24(23(19-10-3-1-4-11-19)20-12-5-2-6-13-20)28-17-9-16-26-18-25-21-14-7-8-15-22(21)26/h1-8,10-15,18,23H,9,16-17H2/p+1. The van der Waals surface area contributed by atoms with Gasteiger partial charge in [-0.05, 0) is 23.3 Å². The molecule has 28 heavy (non-hydrogen) atoms. The molecule has 0 unspecified atom stereocenters. The average Bonchev–Trinajstić information content (AvgIpc) is 3.16. The van der Waals surface area contributed by atoms with Gasteiger partial charge < -0.3 is 4.74 Å². The van der Waals surface area contributed by atoms with Crippen molar-refractivity contribution in [2.75, 3.05) is 6.61 Å². The van der Waals surface area contributed by atoms with Crippen molar-refractivity contribution in [2.24, 2.45) is 0 Å². The molecule has 4 rings (SSSR count). The molecular formula is C24H23N2O2+. The lowest BCUT2D eigenvalue weighted by Gasteiger charge is -2.17. The van der Waals surface area contributed by atoms with Gasteiger partial charge in [-0.3, -0.25) is 4.79 Å². The number of imidazole rings is 1. The third-order valence-corrected chi connectivity index (χ3v) is 4.88. The van der Waals surface area contributed by atoms with E-state index in [2.05, 4.69) is 21.7 Å². The van der Waals surface area contributed by atoms with Crippen molar-refractivity contribution in [3.05, 3.63) is 102 Å². The lowest BCUT2D eigenvalue weighted by atomic mass is 9.91. The number of aryl methyl sites for hydroxylation is 1. The molecule has 1 aromatic heterocycles. The van der Waals surface area contributed by atoms with Crippen molar-refractivity contribution < 1.29 is 14.1 Å². The molecule has 0 aliphatic carbocycles. The third kappa shape index (κ3) is 3.96. The van der Waals surface area contributed by atoms with Crippen molar-refractivity contribution in [1.29, 1.82) is 0 Å². The summed E-state index contributed by atoms with van der Waals surface area (Å²) in [5, 5.41) is 0. The molecule has 0 saturated heterocycles. The predicted octanol–water partition coefficient (Wildman–Crippen LogP) is 4.22. The van der Waals surface area contributed by atoms with E-state index in [0.29, 0.717) is 6.61 Å². The highest BCUT2D eigenvalue weighted by Crippen LogP contribution is 2.26. The average molecular weight is 371 g/mol. The third-order valence-electron chi connectivity index (χ3n) is 4.88. The Kier molecular flexibility index (Phi) is 5.48. The molecule has 1 heterocycles. The number of nitrogens with one attached hydrogen (secondary N) is 1. The lowest BCUT2D eigenvalue weighted by Crippen LogP contribution is -2.32. The minimum Gasteiger partial charge on any atom is -0.465 e. The number of H-pyrrole nitrogens is 1. The number of ether oxygens (including phenoxy) is 1. The molecule has 0 radical (unpaired) electrons. The second-order valence-corrected chi connectivity index (χ2v) is 6.76. The van der Waals surface area contributed by atoms with Crippen molar-refractivity contribution in [2.45, 2.75) is 18.9 Å². The molecule has 4 aromatic rings. The van der Waals surface area contributed by atoms with Gasteiger partial charge in [0, 0.05) is 6.42 Å². The summed E-state index contributed by atoms with van der Waals surface area (Å²) in [6.07, 6.45) is 2.72. The molecule has 0 bridgehead atoms. The van der Waals surface area contributed by atoms with Gasteiger partial charge in [0.2, 0.25) is 6.33 Å². The Morgan fingerprint density at radius 1 is 0.857 bits per heavy atom. The summed E-state index contributed by atoms with van der Waals surface area (Å²) in [5.74, 6) is -0.607. The smallest absolute Gasteiger partial charge is 0.317 e. The van der Waals surface area contributed by atoms with Gasteiger partial charge in [-0.1, -0.05) is 72.8 Å². The summed E-state index contributed by atoms with van der Waals surface area (Å²) in [5.41, 5.74) is 4.15. The van der Waals surface area contributed by atoms with Crippen LogP contribution in [0.5, 0.6) is 0 Å². The second kappa shape index (κ2) is 8.53. The quantitative estimate of drug-likeness (QED) is 0.300. The normalized spacial score (nSPS) is 11.0. The highest BCUT2D eigenvalue weighted by atomic mass is 16.5. The molecule has 4 heteroatoms. The number of carbonyl (C=O) groups is 1. The van der Waals surface area contributed by atoms with Gasteiger partial charge in [-0.15, -0.1) is 0 Å². The van der Waals surface area contributed by atoms with Crippen LogP contribution in [0, 0.1) is 0 Å². The minimum absolute atomic E-state index is 0.207. The molecule has 140 valence electrons. The summed E-state index contributed by atoms with van der Waals surface area (Å²) < 4.78 is 7.81. The van der Waals surface area contributed by atoms with E-state index in [-0.39, 0.29) is 5.97 Å². The highest BCUT2D eigenvalue weighted by molar-refractivity contribution is 5.82. The number of fused-ring (bicyclic) bond motifs is 1. The maximum atomic E-state index is 12.9. The molecule has 1 N–H and O–H groups in total. The Morgan fingerprint density at radius 2 is 1.46 bits per heavy atom. The Balaban J connectivity index is 1.41. The molecular weight excluding hydrogens is 348 g/mol. The molecule has 0 spiro atoms. The molecule has 0 aliphatic heterocycles. The van der Waals surface area contributed by atoms with Gasteiger partial charge in [-0.25, -0.2) is 9.55 Å². The maximum absolute atomic E-state index is 12.9. The Bertz CT molecular complexity index is 1000. The van der Waals surface area contributed by atoms with Crippen molar-refractivity contribution >= 4 is 17.0 Å². The molecule has 0 atom stereocenters. The van der Waals surface area contributed by atoms with Crippen molar-refractivity contribution in [1.82, 2.24) is 4.98 Å².